The molecule has 2 rings (SSSR count). The average Bonchev–Trinajstić information content (AvgIpc) is 2.65. The van der Waals surface area contributed by atoms with Gasteiger partial charge in [-0.3, -0.25) is 10.1 Å². The largest absolute Gasteiger partial charge is 0.448 e. The van der Waals surface area contributed by atoms with E-state index in [-0.39, 0.29) is 31.9 Å². The third-order valence-electron chi connectivity index (χ3n) is 4.10. The fourth-order valence-electron chi connectivity index (χ4n) is 2.62. The fourth-order valence-corrected chi connectivity index (χ4v) is 4.12. The molecule has 1 aliphatic heterocycles. The van der Waals surface area contributed by atoms with Crippen LogP contribution in [0.25, 0.3) is 0 Å². The summed E-state index contributed by atoms with van der Waals surface area (Å²) in [5.41, 5.74) is 4.63. The molecule has 10 nitrogen and oxygen atoms in total. The maximum absolute atomic E-state index is 14.2. The standard InChI is InChI=1S/C17H22FN3O7S/c1-10(2)14(15(22)20-17(19)24)28-16(23)11-3-4-12(18)13(9-11)29(25,26)21-5-7-27-8-6-21/h3-4,9-10,14H,5-8H2,1-2H3,(H3,19,20,22,24). The van der Waals surface area contributed by atoms with E-state index in [4.69, 9.17) is 15.2 Å². The SMILES string of the molecule is CC(C)C(OC(=O)c1ccc(F)c(S(=O)(=O)N2CCOCC2)c1)C(=O)NC(N)=O. The summed E-state index contributed by atoms with van der Waals surface area (Å²) in [6.07, 6.45) is -1.36. The van der Waals surface area contributed by atoms with E-state index in [0.717, 1.165) is 22.5 Å². The zero-order chi connectivity index (χ0) is 21.8. The number of amides is 3. The van der Waals surface area contributed by atoms with Crippen molar-refractivity contribution in [3.63, 3.8) is 0 Å². The number of primary amides is 1. The van der Waals surface area contributed by atoms with Crippen LogP contribution in [-0.4, -0.2) is 63.0 Å². The Kier molecular flexibility index (Phi) is 7.27. The Morgan fingerprint density at radius 3 is 2.41 bits per heavy atom. The monoisotopic (exact) mass is 431 g/mol. The van der Waals surface area contributed by atoms with Crippen molar-refractivity contribution < 1.29 is 36.7 Å². The van der Waals surface area contributed by atoms with Crippen molar-refractivity contribution >= 4 is 27.9 Å². The number of sulfonamides is 1. The maximum Gasteiger partial charge on any atom is 0.338 e. The Labute approximate surface area is 167 Å². The number of urea groups is 1. The fraction of sp³-hybridized carbons (Fsp3) is 0.471. The Hall–Kier alpha value is -2.57. The highest BCUT2D eigenvalue weighted by molar-refractivity contribution is 7.89. The first-order chi connectivity index (χ1) is 13.5. The van der Waals surface area contributed by atoms with E-state index in [2.05, 4.69) is 0 Å². The van der Waals surface area contributed by atoms with Crippen LogP contribution in [0.5, 0.6) is 0 Å². The van der Waals surface area contributed by atoms with E-state index in [1.54, 1.807) is 13.8 Å². The molecular weight excluding hydrogens is 409 g/mol. The van der Waals surface area contributed by atoms with Crippen molar-refractivity contribution in [1.29, 1.82) is 0 Å². The van der Waals surface area contributed by atoms with Gasteiger partial charge in [0.2, 0.25) is 10.0 Å². The van der Waals surface area contributed by atoms with Gasteiger partial charge in [-0.1, -0.05) is 13.8 Å². The van der Waals surface area contributed by atoms with Crippen molar-refractivity contribution in [3.8, 4) is 0 Å². The number of halogens is 1. The lowest BCUT2D eigenvalue weighted by Gasteiger charge is -2.26. The number of morpholine rings is 1. The third kappa shape index (κ3) is 5.49. The first-order valence-electron chi connectivity index (χ1n) is 8.72. The number of nitrogens with two attached hydrogens (primary N) is 1. The van der Waals surface area contributed by atoms with E-state index in [0.29, 0.717) is 0 Å². The van der Waals surface area contributed by atoms with E-state index in [9.17, 15) is 27.2 Å². The van der Waals surface area contributed by atoms with Crippen molar-refractivity contribution in [1.82, 2.24) is 9.62 Å². The number of ether oxygens (including phenoxy) is 2. The molecule has 1 unspecified atom stereocenters. The molecule has 3 amide bonds. The lowest BCUT2D eigenvalue weighted by molar-refractivity contribution is -0.130. The van der Waals surface area contributed by atoms with Crippen LogP contribution in [0.3, 0.4) is 0 Å². The van der Waals surface area contributed by atoms with Gasteiger partial charge in [0, 0.05) is 13.1 Å². The summed E-state index contributed by atoms with van der Waals surface area (Å²) in [6, 6.07) is 1.61. The Morgan fingerprint density at radius 2 is 1.86 bits per heavy atom. The zero-order valence-corrected chi connectivity index (χ0v) is 16.7. The van der Waals surface area contributed by atoms with Gasteiger partial charge in [-0.05, 0) is 24.1 Å². The molecule has 12 heteroatoms. The average molecular weight is 431 g/mol. The van der Waals surface area contributed by atoms with E-state index < -0.39 is 50.7 Å². The second-order valence-electron chi connectivity index (χ2n) is 6.59. The predicted octanol–water partition coefficient (Wildman–Crippen LogP) is 0.223. The molecule has 1 atom stereocenters. The molecule has 1 fully saturated rings. The molecule has 29 heavy (non-hydrogen) atoms. The van der Waals surface area contributed by atoms with Gasteiger partial charge >= 0.3 is 12.0 Å². The summed E-state index contributed by atoms with van der Waals surface area (Å²) >= 11 is 0. The van der Waals surface area contributed by atoms with Gasteiger partial charge in [0.1, 0.15) is 10.7 Å². The molecule has 0 radical (unpaired) electrons. The van der Waals surface area contributed by atoms with E-state index >= 15 is 0 Å². The number of imide groups is 1. The van der Waals surface area contributed by atoms with Crippen LogP contribution in [0.1, 0.15) is 24.2 Å². The highest BCUT2D eigenvalue weighted by Gasteiger charge is 2.32. The molecule has 160 valence electrons. The van der Waals surface area contributed by atoms with Gasteiger partial charge in [0.25, 0.3) is 5.91 Å². The molecule has 0 aromatic heterocycles. The smallest absolute Gasteiger partial charge is 0.338 e. The highest BCUT2D eigenvalue weighted by atomic mass is 32.2. The number of hydrogen-bond acceptors (Lipinski definition) is 7. The van der Waals surface area contributed by atoms with Gasteiger partial charge in [-0.2, -0.15) is 4.31 Å². The summed E-state index contributed by atoms with van der Waals surface area (Å²) in [5.74, 6) is -3.53. The molecular formula is C17H22FN3O7S. The minimum absolute atomic E-state index is 0.0547. The van der Waals surface area contributed by atoms with E-state index in [1.165, 1.54) is 0 Å². The Bertz CT molecular complexity index is 898. The topological polar surface area (TPSA) is 145 Å². The Morgan fingerprint density at radius 1 is 1.24 bits per heavy atom. The summed E-state index contributed by atoms with van der Waals surface area (Å²) < 4.78 is 50.9. The number of nitrogens with zero attached hydrogens (tertiary/aromatic N) is 1. The minimum atomic E-state index is -4.20. The van der Waals surface area contributed by atoms with Crippen LogP contribution < -0.4 is 11.1 Å². The van der Waals surface area contributed by atoms with Crippen molar-refractivity contribution in [2.75, 3.05) is 26.3 Å². The third-order valence-corrected chi connectivity index (χ3v) is 6.01. The predicted molar refractivity (Wildman–Crippen MR) is 97.7 cm³/mol. The molecule has 3 N–H and O–H groups in total. The van der Waals surface area contributed by atoms with Crippen LogP contribution in [0, 0.1) is 11.7 Å². The number of nitrogens with one attached hydrogen (secondary N) is 1. The minimum Gasteiger partial charge on any atom is -0.448 e. The van der Waals surface area contributed by atoms with Crippen LogP contribution in [0.4, 0.5) is 9.18 Å². The van der Waals surface area contributed by atoms with Crippen molar-refractivity contribution in [2.45, 2.75) is 24.8 Å². The molecule has 1 saturated heterocycles. The zero-order valence-electron chi connectivity index (χ0n) is 15.9. The first kappa shape index (κ1) is 22.7. The molecule has 1 aliphatic rings. The van der Waals surface area contributed by atoms with Crippen LogP contribution in [0.15, 0.2) is 23.1 Å². The first-order valence-corrected chi connectivity index (χ1v) is 10.2. The number of carbonyl (C=O) groups is 3. The van der Waals surface area contributed by atoms with Crippen LogP contribution in [-0.2, 0) is 24.3 Å². The van der Waals surface area contributed by atoms with Gasteiger partial charge in [-0.15, -0.1) is 0 Å². The number of esters is 1. The van der Waals surface area contributed by atoms with Gasteiger partial charge in [0.15, 0.2) is 6.10 Å². The Balaban J connectivity index is 2.28. The summed E-state index contributed by atoms with van der Waals surface area (Å²) in [7, 11) is -4.20. The molecule has 0 aliphatic carbocycles. The molecule has 0 bridgehead atoms. The lowest BCUT2D eigenvalue weighted by Crippen LogP contribution is -2.45. The summed E-state index contributed by atoms with van der Waals surface area (Å²) in [5, 5.41) is 1.82. The van der Waals surface area contributed by atoms with Gasteiger partial charge in [0.05, 0.1) is 18.8 Å². The highest BCUT2D eigenvalue weighted by Crippen LogP contribution is 2.23. The van der Waals surface area contributed by atoms with Crippen molar-refractivity contribution in [2.24, 2.45) is 11.7 Å². The molecule has 1 aromatic carbocycles. The molecule has 1 aromatic rings. The molecule has 0 saturated carbocycles. The number of benzene rings is 1. The number of carbonyl (C=O) groups excluding carboxylic acids is 3. The normalized spacial score (nSPS) is 16.3. The second kappa shape index (κ2) is 9.29. The lowest BCUT2D eigenvalue weighted by atomic mass is 10.1. The second-order valence-corrected chi connectivity index (χ2v) is 8.49. The van der Waals surface area contributed by atoms with Crippen LogP contribution >= 0.6 is 0 Å². The molecule has 1 heterocycles. The number of hydrogen-bond donors (Lipinski definition) is 2. The van der Waals surface area contributed by atoms with Crippen molar-refractivity contribution in [3.05, 3.63) is 29.6 Å². The maximum atomic E-state index is 14.2. The van der Waals surface area contributed by atoms with E-state index in [1.807, 2.05) is 5.32 Å². The summed E-state index contributed by atoms with van der Waals surface area (Å²) in [4.78, 5) is 34.6. The summed E-state index contributed by atoms with van der Waals surface area (Å²) in [6.45, 7) is 3.59. The van der Waals surface area contributed by atoms with Gasteiger partial charge in [-0.25, -0.2) is 22.4 Å². The molecule has 0 spiro atoms. The number of rotatable bonds is 6. The quantitative estimate of drug-likeness (QED) is 0.613. The van der Waals surface area contributed by atoms with Gasteiger partial charge < -0.3 is 15.2 Å². The van der Waals surface area contributed by atoms with Crippen LogP contribution in [0.2, 0.25) is 0 Å².